The lowest BCUT2D eigenvalue weighted by molar-refractivity contribution is -0.164. The largest absolute Gasteiger partial charge is 0.462 e. The number of carbonyl (C=O) groups excluding carboxylic acids is 2. The van der Waals surface area contributed by atoms with E-state index in [0.29, 0.717) is 10.7 Å². The Labute approximate surface area is 147 Å². The van der Waals surface area contributed by atoms with Crippen molar-refractivity contribution in [2.45, 2.75) is 59.3 Å². The summed E-state index contributed by atoms with van der Waals surface area (Å²) in [5, 5.41) is 16.5. The van der Waals surface area contributed by atoms with Crippen molar-refractivity contribution < 1.29 is 24.2 Å². The fraction of sp³-hybridized carbons (Fsp3) is 0.750. The van der Waals surface area contributed by atoms with Gasteiger partial charge in [-0.2, -0.15) is 0 Å². The minimum atomic E-state index is -1.79. The SMILES string of the molecule is CCOC(=O)C1(O)CS/C(=C(/NC(=O)OC(C)(C)C)[C@@H](C)CC)N1. The molecule has 1 unspecified atom stereocenters. The third kappa shape index (κ3) is 5.59. The molecular weight excluding hydrogens is 332 g/mol. The second-order valence-corrected chi connectivity index (χ2v) is 7.66. The van der Waals surface area contributed by atoms with E-state index in [2.05, 4.69) is 10.6 Å². The van der Waals surface area contributed by atoms with Crippen LogP contribution in [0.5, 0.6) is 0 Å². The molecule has 1 amide bonds. The van der Waals surface area contributed by atoms with E-state index in [-0.39, 0.29) is 18.3 Å². The molecule has 1 rings (SSSR count). The van der Waals surface area contributed by atoms with Gasteiger partial charge in [-0.15, -0.1) is 11.8 Å². The van der Waals surface area contributed by atoms with Crippen LogP contribution in [0.1, 0.15) is 48.0 Å². The van der Waals surface area contributed by atoms with Crippen molar-refractivity contribution in [3.05, 3.63) is 10.7 Å². The van der Waals surface area contributed by atoms with Crippen LogP contribution in [0.2, 0.25) is 0 Å². The molecular formula is C16H28N2O5S. The van der Waals surface area contributed by atoms with E-state index >= 15 is 0 Å². The molecule has 0 saturated carbocycles. The molecule has 2 atom stereocenters. The molecule has 0 aliphatic carbocycles. The Hall–Kier alpha value is -1.41. The number of esters is 1. The summed E-state index contributed by atoms with van der Waals surface area (Å²) in [7, 11) is 0. The molecule has 1 saturated heterocycles. The number of aliphatic hydroxyl groups is 1. The van der Waals surface area contributed by atoms with Gasteiger partial charge < -0.3 is 19.9 Å². The molecule has 0 aromatic heterocycles. The van der Waals surface area contributed by atoms with Crippen LogP contribution >= 0.6 is 11.8 Å². The van der Waals surface area contributed by atoms with Crippen LogP contribution in [-0.2, 0) is 14.3 Å². The quantitative estimate of drug-likeness (QED) is 0.647. The first-order chi connectivity index (χ1) is 11.0. The van der Waals surface area contributed by atoms with Gasteiger partial charge in [0.1, 0.15) is 5.60 Å². The van der Waals surface area contributed by atoms with Crippen LogP contribution < -0.4 is 10.6 Å². The zero-order valence-electron chi connectivity index (χ0n) is 15.2. The summed E-state index contributed by atoms with van der Waals surface area (Å²) < 4.78 is 10.2. The standard InChI is InChI=1S/C16H28N2O5S/c1-7-10(3)11(17-14(20)23-15(4,5)6)12-18-16(21,9-24-12)13(19)22-8-2/h10,18,21H,7-9H2,1-6H3,(H,17,20)/b12-11+/t10-,16?/m0/s1. The maximum Gasteiger partial charge on any atom is 0.411 e. The van der Waals surface area contributed by atoms with E-state index in [1.54, 1.807) is 27.7 Å². The molecule has 0 bridgehead atoms. The third-order valence-corrected chi connectivity index (χ3v) is 4.52. The summed E-state index contributed by atoms with van der Waals surface area (Å²) in [5.74, 6) is -0.609. The van der Waals surface area contributed by atoms with Gasteiger partial charge in [0.25, 0.3) is 0 Å². The van der Waals surface area contributed by atoms with Crippen molar-refractivity contribution in [2.75, 3.05) is 12.4 Å². The van der Waals surface area contributed by atoms with Gasteiger partial charge in [0, 0.05) is 0 Å². The van der Waals surface area contributed by atoms with E-state index in [1.807, 2.05) is 13.8 Å². The molecule has 0 aromatic rings. The molecule has 3 N–H and O–H groups in total. The van der Waals surface area contributed by atoms with Gasteiger partial charge in [-0.05, 0) is 40.0 Å². The van der Waals surface area contributed by atoms with E-state index in [9.17, 15) is 14.7 Å². The number of alkyl carbamates (subject to hydrolysis) is 1. The first-order valence-corrected chi connectivity index (χ1v) is 9.05. The van der Waals surface area contributed by atoms with Crippen LogP contribution in [0.25, 0.3) is 0 Å². The zero-order chi connectivity index (χ0) is 18.5. The maximum absolute atomic E-state index is 12.1. The van der Waals surface area contributed by atoms with E-state index < -0.39 is 23.4 Å². The van der Waals surface area contributed by atoms with Crippen LogP contribution in [0, 0.1) is 5.92 Å². The van der Waals surface area contributed by atoms with Crippen LogP contribution in [0.3, 0.4) is 0 Å². The van der Waals surface area contributed by atoms with Crippen molar-refractivity contribution in [1.82, 2.24) is 10.6 Å². The molecule has 24 heavy (non-hydrogen) atoms. The zero-order valence-corrected chi connectivity index (χ0v) is 16.0. The summed E-state index contributed by atoms with van der Waals surface area (Å²) in [5.41, 5.74) is -1.81. The number of amides is 1. The van der Waals surface area contributed by atoms with E-state index in [1.165, 1.54) is 11.8 Å². The molecule has 0 aromatic carbocycles. The second kappa shape index (κ2) is 8.11. The first kappa shape index (κ1) is 20.6. The number of thioether (sulfide) groups is 1. The number of allylic oxidation sites excluding steroid dienone is 1. The summed E-state index contributed by atoms with van der Waals surface area (Å²) in [6, 6.07) is 0. The van der Waals surface area contributed by atoms with E-state index in [0.717, 1.165) is 6.42 Å². The molecule has 8 heteroatoms. The summed E-state index contributed by atoms with van der Waals surface area (Å²) >= 11 is 1.26. The highest BCUT2D eigenvalue weighted by molar-refractivity contribution is 8.03. The lowest BCUT2D eigenvalue weighted by Gasteiger charge is -2.24. The topological polar surface area (TPSA) is 96.9 Å². The average Bonchev–Trinajstić information content (AvgIpc) is 2.86. The van der Waals surface area contributed by atoms with Crippen LogP contribution in [0.4, 0.5) is 4.79 Å². The smallest absolute Gasteiger partial charge is 0.411 e. The molecule has 1 aliphatic heterocycles. The van der Waals surface area contributed by atoms with Crippen molar-refractivity contribution >= 4 is 23.8 Å². The lowest BCUT2D eigenvalue weighted by atomic mass is 10.1. The minimum Gasteiger partial charge on any atom is -0.462 e. The average molecular weight is 360 g/mol. The Morgan fingerprint density at radius 3 is 2.54 bits per heavy atom. The first-order valence-electron chi connectivity index (χ1n) is 8.07. The van der Waals surface area contributed by atoms with Crippen molar-refractivity contribution in [3.8, 4) is 0 Å². The molecule has 7 nitrogen and oxygen atoms in total. The Balaban J connectivity index is 2.98. The number of nitrogens with one attached hydrogen (secondary N) is 2. The number of ether oxygens (including phenoxy) is 2. The molecule has 138 valence electrons. The number of hydrogen-bond acceptors (Lipinski definition) is 7. The van der Waals surface area contributed by atoms with Gasteiger partial charge in [-0.25, -0.2) is 9.59 Å². The fourth-order valence-electron chi connectivity index (χ4n) is 1.96. The highest BCUT2D eigenvalue weighted by Gasteiger charge is 2.44. The maximum atomic E-state index is 12.1. The van der Waals surface area contributed by atoms with Crippen molar-refractivity contribution in [1.29, 1.82) is 0 Å². The monoisotopic (exact) mass is 360 g/mol. The number of carbonyl (C=O) groups is 2. The van der Waals surface area contributed by atoms with Crippen LogP contribution in [-0.4, -0.2) is 40.9 Å². The highest BCUT2D eigenvalue weighted by atomic mass is 32.2. The number of hydrogen-bond donors (Lipinski definition) is 3. The normalized spacial score (nSPS) is 24.0. The molecule has 0 spiro atoms. The predicted octanol–water partition coefficient (Wildman–Crippen LogP) is 2.31. The van der Waals surface area contributed by atoms with E-state index in [4.69, 9.17) is 9.47 Å². The van der Waals surface area contributed by atoms with Gasteiger partial charge in [-0.3, -0.25) is 5.32 Å². The van der Waals surface area contributed by atoms with Crippen molar-refractivity contribution in [2.24, 2.45) is 5.92 Å². The van der Waals surface area contributed by atoms with Crippen LogP contribution in [0.15, 0.2) is 10.7 Å². The molecule has 0 radical (unpaired) electrons. The highest BCUT2D eigenvalue weighted by Crippen LogP contribution is 2.33. The summed E-state index contributed by atoms with van der Waals surface area (Å²) in [6.45, 7) is 11.1. The minimum absolute atomic E-state index is 0.0112. The van der Waals surface area contributed by atoms with Gasteiger partial charge in [-0.1, -0.05) is 13.8 Å². The predicted molar refractivity (Wildman–Crippen MR) is 93.0 cm³/mol. The second-order valence-electron chi connectivity index (χ2n) is 6.67. The van der Waals surface area contributed by atoms with Gasteiger partial charge in [0.2, 0.25) is 5.72 Å². The Kier molecular flexibility index (Phi) is 6.97. The van der Waals surface area contributed by atoms with Crippen molar-refractivity contribution in [3.63, 3.8) is 0 Å². The lowest BCUT2D eigenvalue weighted by Crippen LogP contribution is -2.50. The van der Waals surface area contributed by atoms with Gasteiger partial charge in [0.15, 0.2) is 0 Å². The molecule has 1 fully saturated rings. The fourth-order valence-corrected chi connectivity index (χ4v) is 3.16. The Bertz CT molecular complexity index is 515. The van der Waals surface area contributed by atoms with Gasteiger partial charge >= 0.3 is 12.1 Å². The third-order valence-electron chi connectivity index (χ3n) is 3.34. The van der Waals surface area contributed by atoms with Gasteiger partial charge in [0.05, 0.1) is 23.1 Å². The number of rotatable bonds is 5. The Morgan fingerprint density at radius 1 is 1.42 bits per heavy atom. The molecule has 1 aliphatic rings. The molecule has 1 heterocycles. The summed E-state index contributed by atoms with van der Waals surface area (Å²) in [6.07, 6.45) is 0.202. The Morgan fingerprint density at radius 2 is 2.04 bits per heavy atom. The summed E-state index contributed by atoms with van der Waals surface area (Å²) in [4.78, 5) is 24.0.